The Morgan fingerprint density at radius 2 is 2.11 bits per heavy atom. The molecule has 1 N–H and O–H groups in total. The minimum Gasteiger partial charge on any atom is -0.383 e. The maximum absolute atomic E-state index is 12.3. The third-order valence-electron chi connectivity index (χ3n) is 3.73. The van der Waals surface area contributed by atoms with E-state index in [0.717, 1.165) is 32.7 Å². The summed E-state index contributed by atoms with van der Waals surface area (Å²) in [5, 5.41) is 3.44. The molecule has 2 unspecified atom stereocenters. The van der Waals surface area contributed by atoms with Gasteiger partial charge in [0.1, 0.15) is 0 Å². The lowest BCUT2D eigenvalue weighted by Crippen LogP contribution is -2.44. The fraction of sp³-hybridized carbons (Fsp3) is 0.929. The van der Waals surface area contributed by atoms with Crippen molar-refractivity contribution in [2.24, 2.45) is 5.92 Å². The summed E-state index contributed by atoms with van der Waals surface area (Å²) in [5.41, 5.74) is 0. The molecule has 1 heterocycles. The highest BCUT2D eigenvalue weighted by Crippen LogP contribution is 2.18. The summed E-state index contributed by atoms with van der Waals surface area (Å²) in [6, 6.07) is -0.00307. The number of rotatable bonds is 8. The van der Waals surface area contributed by atoms with Crippen molar-refractivity contribution in [3.8, 4) is 0 Å². The molecule has 0 spiro atoms. The van der Waals surface area contributed by atoms with E-state index in [1.165, 1.54) is 0 Å². The lowest BCUT2D eigenvalue weighted by molar-refractivity contribution is -0.130. The Balaban J connectivity index is 2.51. The first kappa shape index (κ1) is 16.4. The molecule has 0 aromatic rings. The predicted octanol–water partition coefficient (Wildman–Crippen LogP) is 0.757. The van der Waals surface area contributed by atoms with Gasteiger partial charge in [0.2, 0.25) is 5.91 Å². The lowest BCUT2D eigenvalue weighted by Gasteiger charge is -2.29. The molecule has 5 heteroatoms. The number of methoxy groups -OCH3 is 1. The second-order valence-corrected chi connectivity index (χ2v) is 5.64. The smallest absolute Gasteiger partial charge is 0.241 e. The van der Waals surface area contributed by atoms with Gasteiger partial charge < -0.3 is 14.5 Å². The van der Waals surface area contributed by atoms with Gasteiger partial charge in [-0.05, 0) is 19.4 Å². The Morgan fingerprint density at radius 3 is 2.63 bits per heavy atom. The lowest BCUT2D eigenvalue weighted by atomic mass is 10.1. The van der Waals surface area contributed by atoms with Gasteiger partial charge in [0.15, 0.2) is 0 Å². The molecule has 0 aromatic carbocycles. The average Bonchev–Trinajstić information content (AvgIpc) is 2.70. The van der Waals surface area contributed by atoms with Crippen LogP contribution in [0.4, 0.5) is 0 Å². The van der Waals surface area contributed by atoms with E-state index in [2.05, 4.69) is 38.0 Å². The first-order valence-electron chi connectivity index (χ1n) is 7.25. The molecule has 1 rings (SSSR count). The molecule has 112 valence electrons. The van der Waals surface area contributed by atoms with Gasteiger partial charge >= 0.3 is 0 Å². The molecule has 0 aromatic heterocycles. The van der Waals surface area contributed by atoms with E-state index in [1.807, 2.05) is 4.90 Å². The fourth-order valence-electron chi connectivity index (χ4n) is 2.44. The fourth-order valence-corrected chi connectivity index (χ4v) is 2.44. The minimum absolute atomic E-state index is 0.00307. The number of likely N-dealkylation sites (N-methyl/N-ethyl adjacent to an activating group) is 1. The van der Waals surface area contributed by atoms with Crippen LogP contribution < -0.4 is 5.32 Å². The molecular weight excluding hydrogens is 242 g/mol. The molecule has 1 amide bonds. The van der Waals surface area contributed by atoms with Crippen molar-refractivity contribution < 1.29 is 9.53 Å². The Labute approximate surface area is 117 Å². The maximum atomic E-state index is 12.3. The molecule has 1 fully saturated rings. The highest BCUT2D eigenvalue weighted by atomic mass is 16.5. The molecular formula is C14H29N3O2. The van der Waals surface area contributed by atoms with Crippen molar-refractivity contribution in [1.82, 2.24) is 15.1 Å². The molecule has 0 saturated carbocycles. The summed E-state index contributed by atoms with van der Waals surface area (Å²) in [6.07, 6.45) is 1.03. The van der Waals surface area contributed by atoms with Crippen LogP contribution in [0.15, 0.2) is 0 Å². The van der Waals surface area contributed by atoms with Gasteiger partial charge in [0.25, 0.3) is 0 Å². The average molecular weight is 271 g/mol. The highest BCUT2D eigenvalue weighted by Gasteiger charge is 2.38. The summed E-state index contributed by atoms with van der Waals surface area (Å²) in [5.74, 6) is 0.686. The van der Waals surface area contributed by atoms with Crippen molar-refractivity contribution in [3.05, 3.63) is 0 Å². The van der Waals surface area contributed by atoms with Crippen molar-refractivity contribution in [2.45, 2.75) is 39.4 Å². The number of ether oxygens (including phenoxy) is 1. The molecule has 0 bridgehead atoms. The highest BCUT2D eigenvalue weighted by molar-refractivity contribution is 5.84. The van der Waals surface area contributed by atoms with E-state index in [1.54, 1.807) is 7.11 Å². The van der Waals surface area contributed by atoms with Crippen LogP contribution in [0.5, 0.6) is 0 Å². The molecule has 0 aliphatic carbocycles. The van der Waals surface area contributed by atoms with Crippen molar-refractivity contribution in [1.29, 1.82) is 0 Å². The topological polar surface area (TPSA) is 44.8 Å². The third-order valence-corrected chi connectivity index (χ3v) is 3.73. The molecule has 19 heavy (non-hydrogen) atoms. The van der Waals surface area contributed by atoms with Gasteiger partial charge in [-0.15, -0.1) is 0 Å². The number of hydrogen-bond donors (Lipinski definition) is 1. The van der Waals surface area contributed by atoms with Crippen LogP contribution in [0.1, 0.15) is 27.2 Å². The summed E-state index contributed by atoms with van der Waals surface area (Å²) >= 11 is 0. The molecule has 2 atom stereocenters. The second-order valence-electron chi connectivity index (χ2n) is 5.64. The van der Waals surface area contributed by atoms with E-state index in [0.29, 0.717) is 5.92 Å². The number of nitrogens with zero attached hydrogens (tertiary/aromatic N) is 2. The van der Waals surface area contributed by atoms with Crippen LogP contribution in [0.25, 0.3) is 0 Å². The van der Waals surface area contributed by atoms with Crippen LogP contribution >= 0.6 is 0 Å². The van der Waals surface area contributed by atoms with Gasteiger partial charge in [-0.3, -0.25) is 10.1 Å². The van der Waals surface area contributed by atoms with E-state index in [4.69, 9.17) is 4.74 Å². The third kappa shape index (κ3) is 4.44. The van der Waals surface area contributed by atoms with Crippen LogP contribution in [-0.2, 0) is 9.53 Å². The number of hydrogen-bond acceptors (Lipinski definition) is 4. The summed E-state index contributed by atoms with van der Waals surface area (Å²) < 4.78 is 5.06. The SMILES string of the molecule is CCC1NC(C(C)C)N(CCN(C)CCOC)C1=O. The number of amides is 1. The second kappa shape index (κ2) is 7.82. The largest absolute Gasteiger partial charge is 0.383 e. The maximum Gasteiger partial charge on any atom is 0.241 e. The predicted molar refractivity (Wildman–Crippen MR) is 76.9 cm³/mol. The number of nitrogens with one attached hydrogen (secondary N) is 1. The van der Waals surface area contributed by atoms with E-state index < -0.39 is 0 Å². The van der Waals surface area contributed by atoms with Crippen LogP contribution in [-0.4, -0.2) is 68.3 Å². The zero-order valence-electron chi connectivity index (χ0n) is 13.0. The van der Waals surface area contributed by atoms with Gasteiger partial charge in [0, 0.05) is 26.7 Å². The number of carbonyl (C=O) groups excluding carboxylic acids is 1. The van der Waals surface area contributed by atoms with Crippen molar-refractivity contribution in [2.75, 3.05) is 40.4 Å². The van der Waals surface area contributed by atoms with Crippen LogP contribution in [0.3, 0.4) is 0 Å². The molecule has 1 saturated heterocycles. The Bertz CT molecular complexity index is 284. The Kier molecular flexibility index (Phi) is 6.75. The van der Waals surface area contributed by atoms with Crippen molar-refractivity contribution in [3.63, 3.8) is 0 Å². The quantitative estimate of drug-likeness (QED) is 0.708. The first-order chi connectivity index (χ1) is 9.01. The van der Waals surface area contributed by atoms with Gasteiger partial charge in [0.05, 0.1) is 18.8 Å². The van der Waals surface area contributed by atoms with E-state index in [9.17, 15) is 4.79 Å². The van der Waals surface area contributed by atoms with Gasteiger partial charge in [-0.2, -0.15) is 0 Å². The normalized spacial score (nSPS) is 23.9. The summed E-state index contributed by atoms with van der Waals surface area (Å²) in [4.78, 5) is 16.5. The Hall–Kier alpha value is -0.650. The molecule has 1 aliphatic heterocycles. The van der Waals surface area contributed by atoms with Gasteiger partial charge in [-0.25, -0.2) is 0 Å². The molecule has 5 nitrogen and oxygen atoms in total. The molecule has 1 aliphatic rings. The summed E-state index contributed by atoms with van der Waals surface area (Å²) in [6.45, 7) is 9.67. The standard InChI is InChI=1S/C14H29N3O2/c1-6-12-14(18)17(13(15-12)11(2)3)8-7-16(4)9-10-19-5/h11-13,15H,6-10H2,1-5H3. The van der Waals surface area contributed by atoms with Crippen LogP contribution in [0.2, 0.25) is 0 Å². The van der Waals surface area contributed by atoms with Gasteiger partial charge in [-0.1, -0.05) is 20.8 Å². The van der Waals surface area contributed by atoms with E-state index in [-0.39, 0.29) is 18.1 Å². The molecule has 0 radical (unpaired) electrons. The first-order valence-corrected chi connectivity index (χ1v) is 7.25. The van der Waals surface area contributed by atoms with Crippen molar-refractivity contribution >= 4 is 5.91 Å². The van der Waals surface area contributed by atoms with E-state index >= 15 is 0 Å². The number of carbonyl (C=O) groups is 1. The monoisotopic (exact) mass is 271 g/mol. The minimum atomic E-state index is -0.00307. The zero-order chi connectivity index (χ0) is 14.4. The summed E-state index contributed by atoms with van der Waals surface area (Å²) in [7, 11) is 3.77. The van der Waals surface area contributed by atoms with Crippen LogP contribution in [0, 0.1) is 5.92 Å². The Morgan fingerprint density at radius 1 is 1.42 bits per heavy atom. The zero-order valence-corrected chi connectivity index (χ0v) is 13.0.